The molecule has 1 aliphatic carbocycles. The molecule has 0 bridgehead atoms. The van der Waals surface area contributed by atoms with E-state index < -0.39 is 11.3 Å². The highest BCUT2D eigenvalue weighted by Gasteiger charge is 2.71. The molecule has 2 rings (SSSR count). The Balaban J connectivity index is 2.49. The number of rotatable bonds is 3. The van der Waals surface area contributed by atoms with Gasteiger partial charge in [0.1, 0.15) is 5.82 Å². The third kappa shape index (κ3) is 1.38. The Morgan fingerprint density at radius 2 is 2.12 bits per heavy atom. The minimum absolute atomic E-state index is 0.0491. The van der Waals surface area contributed by atoms with Crippen LogP contribution in [0.4, 0.5) is 14.6 Å². The molecule has 1 heterocycles. The average molecular weight is 227 g/mol. The van der Waals surface area contributed by atoms with Crippen molar-refractivity contribution < 1.29 is 8.78 Å². The second-order valence-electron chi connectivity index (χ2n) is 4.44. The summed E-state index contributed by atoms with van der Waals surface area (Å²) in [6.45, 7) is -0.0491. The van der Waals surface area contributed by atoms with Gasteiger partial charge in [-0.15, -0.1) is 0 Å². The van der Waals surface area contributed by atoms with Crippen LogP contribution in [0, 0.1) is 0 Å². The summed E-state index contributed by atoms with van der Waals surface area (Å²) in [6, 6.07) is 3.37. The third-order valence-corrected chi connectivity index (χ3v) is 3.17. The summed E-state index contributed by atoms with van der Waals surface area (Å²) in [4.78, 5) is 5.87. The van der Waals surface area contributed by atoms with Gasteiger partial charge in [-0.1, -0.05) is 6.07 Å². The van der Waals surface area contributed by atoms with Crippen LogP contribution in [0.25, 0.3) is 0 Å². The second kappa shape index (κ2) is 3.38. The topological polar surface area (TPSA) is 42.2 Å². The summed E-state index contributed by atoms with van der Waals surface area (Å²) in [7, 11) is 3.58. The first-order valence-corrected chi connectivity index (χ1v) is 5.15. The van der Waals surface area contributed by atoms with Crippen molar-refractivity contribution in [1.82, 2.24) is 4.98 Å². The van der Waals surface area contributed by atoms with E-state index in [1.807, 2.05) is 0 Å². The van der Waals surface area contributed by atoms with E-state index in [1.54, 1.807) is 37.3 Å². The highest BCUT2D eigenvalue weighted by atomic mass is 19.3. The zero-order valence-electron chi connectivity index (χ0n) is 9.37. The van der Waals surface area contributed by atoms with Crippen molar-refractivity contribution in [3.8, 4) is 0 Å². The van der Waals surface area contributed by atoms with E-state index in [0.29, 0.717) is 11.4 Å². The van der Waals surface area contributed by atoms with Crippen LogP contribution < -0.4 is 10.6 Å². The van der Waals surface area contributed by atoms with E-state index in [9.17, 15) is 8.78 Å². The van der Waals surface area contributed by atoms with Crippen LogP contribution in [0.3, 0.4) is 0 Å². The Morgan fingerprint density at radius 1 is 1.50 bits per heavy atom. The largest absolute Gasteiger partial charge is 0.362 e. The lowest BCUT2D eigenvalue weighted by atomic mass is 9.95. The molecule has 0 spiro atoms. The Hall–Kier alpha value is -1.23. The molecule has 0 radical (unpaired) electrons. The Bertz CT molecular complexity index is 406. The van der Waals surface area contributed by atoms with Gasteiger partial charge in [0.15, 0.2) is 0 Å². The van der Waals surface area contributed by atoms with Crippen molar-refractivity contribution in [3.63, 3.8) is 0 Å². The van der Waals surface area contributed by atoms with Crippen molar-refractivity contribution in [3.05, 3.63) is 23.9 Å². The smallest absolute Gasteiger partial charge is 0.260 e. The third-order valence-electron chi connectivity index (χ3n) is 3.17. The average Bonchev–Trinajstić information content (AvgIpc) is 2.82. The molecule has 88 valence electrons. The first-order chi connectivity index (χ1) is 7.44. The molecule has 0 aliphatic heterocycles. The first kappa shape index (κ1) is 11.3. The molecule has 1 unspecified atom stereocenters. The normalized spacial score (nSPS) is 26.6. The molecule has 16 heavy (non-hydrogen) atoms. The van der Waals surface area contributed by atoms with Gasteiger partial charge in [0.25, 0.3) is 5.92 Å². The molecule has 2 N–H and O–H groups in total. The molecule has 0 saturated heterocycles. The van der Waals surface area contributed by atoms with Gasteiger partial charge < -0.3 is 10.6 Å². The van der Waals surface area contributed by atoms with E-state index in [-0.39, 0.29) is 13.0 Å². The Morgan fingerprint density at radius 3 is 2.56 bits per heavy atom. The monoisotopic (exact) mass is 227 g/mol. The van der Waals surface area contributed by atoms with Crippen LogP contribution in [0.5, 0.6) is 0 Å². The fourth-order valence-electron chi connectivity index (χ4n) is 2.09. The number of hydrogen-bond donors (Lipinski definition) is 1. The fraction of sp³-hybridized carbons (Fsp3) is 0.545. The van der Waals surface area contributed by atoms with E-state index in [4.69, 9.17) is 5.73 Å². The Labute approximate surface area is 93.3 Å². The summed E-state index contributed by atoms with van der Waals surface area (Å²) >= 11 is 0. The molecule has 1 saturated carbocycles. The minimum Gasteiger partial charge on any atom is -0.362 e. The molecular formula is C11H15F2N3. The molecule has 1 fully saturated rings. The number of pyridine rings is 1. The van der Waals surface area contributed by atoms with Crippen LogP contribution in [0.15, 0.2) is 18.3 Å². The number of alkyl halides is 2. The number of hydrogen-bond acceptors (Lipinski definition) is 3. The standard InChI is InChI=1S/C11H15F2N3/c1-16(2)9-8(4-3-5-15-9)10(7-14)6-11(10,12)13/h3-5H,6-7,14H2,1-2H3. The van der Waals surface area contributed by atoms with Gasteiger partial charge in [0.2, 0.25) is 0 Å². The molecule has 1 atom stereocenters. The predicted molar refractivity (Wildman–Crippen MR) is 58.9 cm³/mol. The number of anilines is 1. The van der Waals surface area contributed by atoms with Crippen LogP contribution in [-0.2, 0) is 5.41 Å². The quantitative estimate of drug-likeness (QED) is 0.848. The molecule has 0 amide bonds. The van der Waals surface area contributed by atoms with Crippen molar-refractivity contribution in [2.45, 2.75) is 17.8 Å². The number of halogens is 2. The fourth-order valence-corrected chi connectivity index (χ4v) is 2.09. The molecular weight excluding hydrogens is 212 g/mol. The van der Waals surface area contributed by atoms with Crippen molar-refractivity contribution in [2.75, 3.05) is 25.5 Å². The van der Waals surface area contributed by atoms with Gasteiger partial charge >= 0.3 is 0 Å². The number of aromatic nitrogens is 1. The van der Waals surface area contributed by atoms with Gasteiger partial charge in [0, 0.05) is 38.8 Å². The van der Waals surface area contributed by atoms with E-state index in [1.165, 1.54) is 0 Å². The minimum atomic E-state index is -2.70. The van der Waals surface area contributed by atoms with Crippen LogP contribution in [-0.4, -0.2) is 31.5 Å². The van der Waals surface area contributed by atoms with E-state index in [2.05, 4.69) is 4.98 Å². The van der Waals surface area contributed by atoms with Gasteiger partial charge in [-0.05, 0) is 6.07 Å². The van der Waals surface area contributed by atoms with E-state index in [0.717, 1.165) is 0 Å². The summed E-state index contributed by atoms with van der Waals surface area (Å²) in [5, 5.41) is 0. The van der Waals surface area contributed by atoms with Crippen LogP contribution in [0.2, 0.25) is 0 Å². The van der Waals surface area contributed by atoms with Crippen LogP contribution in [0.1, 0.15) is 12.0 Å². The lowest BCUT2D eigenvalue weighted by molar-refractivity contribution is 0.0896. The highest BCUT2D eigenvalue weighted by molar-refractivity contribution is 5.55. The lowest BCUT2D eigenvalue weighted by Gasteiger charge is -2.21. The van der Waals surface area contributed by atoms with E-state index >= 15 is 0 Å². The zero-order chi connectivity index (χ0) is 12.0. The Kier molecular flexibility index (Phi) is 2.38. The summed E-state index contributed by atoms with van der Waals surface area (Å²) in [6.07, 6.45) is 1.42. The predicted octanol–water partition coefficient (Wildman–Crippen LogP) is 1.38. The van der Waals surface area contributed by atoms with Crippen LogP contribution >= 0.6 is 0 Å². The molecule has 1 aliphatic rings. The highest BCUT2D eigenvalue weighted by Crippen LogP contribution is 2.62. The van der Waals surface area contributed by atoms with Gasteiger partial charge in [0.05, 0.1) is 5.41 Å². The summed E-state index contributed by atoms with van der Waals surface area (Å²) in [5.74, 6) is -2.12. The van der Waals surface area contributed by atoms with Crippen molar-refractivity contribution in [2.24, 2.45) is 5.73 Å². The maximum atomic E-state index is 13.5. The number of nitrogens with two attached hydrogens (primary N) is 1. The molecule has 5 heteroatoms. The maximum Gasteiger partial charge on any atom is 0.260 e. The summed E-state index contributed by atoms with van der Waals surface area (Å²) in [5.41, 5.74) is 4.86. The molecule has 1 aromatic heterocycles. The van der Waals surface area contributed by atoms with Gasteiger partial charge in [-0.2, -0.15) is 0 Å². The van der Waals surface area contributed by atoms with Gasteiger partial charge in [-0.25, -0.2) is 13.8 Å². The maximum absolute atomic E-state index is 13.5. The second-order valence-corrected chi connectivity index (χ2v) is 4.44. The SMILES string of the molecule is CN(C)c1ncccc1C1(CN)CC1(F)F. The van der Waals surface area contributed by atoms with Crippen molar-refractivity contribution in [1.29, 1.82) is 0 Å². The van der Waals surface area contributed by atoms with Gasteiger partial charge in [-0.3, -0.25) is 0 Å². The molecule has 1 aromatic rings. The van der Waals surface area contributed by atoms with Crippen molar-refractivity contribution >= 4 is 5.82 Å². The first-order valence-electron chi connectivity index (χ1n) is 5.15. The summed E-state index contributed by atoms with van der Waals surface area (Å²) < 4.78 is 26.9. The lowest BCUT2D eigenvalue weighted by Crippen LogP contribution is -2.29. The number of nitrogens with zero attached hydrogens (tertiary/aromatic N) is 2. The molecule has 0 aromatic carbocycles. The molecule has 3 nitrogen and oxygen atoms in total. The zero-order valence-corrected chi connectivity index (χ0v) is 9.37.